The molecule has 0 unspecified atom stereocenters. The number of H-pyrrole nitrogens is 1. The number of nitrogens with zero attached hydrogens (tertiary/aromatic N) is 1. The van der Waals surface area contributed by atoms with Crippen LogP contribution in [0.25, 0.3) is 22.0 Å². The van der Waals surface area contributed by atoms with Gasteiger partial charge in [-0.15, -0.1) is 0 Å². The summed E-state index contributed by atoms with van der Waals surface area (Å²) in [5.41, 5.74) is 1.91. The van der Waals surface area contributed by atoms with Gasteiger partial charge in [-0.2, -0.15) is 0 Å². The van der Waals surface area contributed by atoms with E-state index in [9.17, 15) is 13.5 Å². The summed E-state index contributed by atoms with van der Waals surface area (Å²) in [5.74, 6) is 0.479. The molecule has 0 saturated heterocycles. The lowest BCUT2D eigenvalue weighted by Crippen LogP contribution is -2.19. The molecular weight excluding hydrogens is 384 g/mol. The van der Waals surface area contributed by atoms with Crippen molar-refractivity contribution in [3.05, 3.63) is 41.8 Å². The van der Waals surface area contributed by atoms with Crippen molar-refractivity contribution in [1.82, 2.24) is 9.97 Å². The maximum Gasteiger partial charge on any atom is 0.180 e. The van der Waals surface area contributed by atoms with E-state index in [1.165, 1.54) is 18.7 Å². The van der Waals surface area contributed by atoms with Gasteiger partial charge in [0.2, 0.25) is 0 Å². The number of hydrogen-bond acceptors (Lipinski definition) is 4. The van der Waals surface area contributed by atoms with Crippen LogP contribution >= 0.6 is 11.6 Å². The number of benzene rings is 1. The van der Waals surface area contributed by atoms with Crippen LogP contribution in [0.3, 0.4) is 0 Å². The van der Waals surface area contributed by atoms with E-state index in [1.54, 1.807) is 24.5 Å². The minimum absolute atomic E-state index is 0.0844. The molecule has 0 atom stereocenters. The number of halogens is 1. The summed E-state index contributed by atoms with van der Waals surface area (Å²) in [6.07, 6.45) is 10.1. The summed E-state index contributed by atoms with van der Waals surface area (Å²) in [4.78, 5) is 7.43. The second-order valence-electron chi connectivity index (χ2n) is 7.21. The number of aromatic nitrogens is 2. The third-order valence-corrected chi connectivity index (χ3v) is 7.49. The molecule has 0 aliphatic heterocycles. The fraction of sp³-hybridized carbons (Fsp3) is 0.350. The van der Waals surface area contributed by atoms with Crippen molar-refractivity contribution < 1.29 is 13.5 Å². The van der Waals surface area contributed by atoms with Gasteiger partial charge >= 0.3 is 0 Å². The van der Waals surface area contributed by atoms with Gasteiger partial charge in [0.25, 0.3) is 0 Å². The molecule has 2 N–H and O–H groups in total. The number of sulfone groups is 1. The Kier molecular flexibility index (Phi) is 4.86. The van der Waals surface area contributed by atoms with E-state index >= 15 is 0 Å². The van der Waals surface area contributed by atoms with Gasteiger partial charge in [-0.3, -0.25) is 4.98 Å². The van der Waals surface area contributed by atoms with Gasteiger partial charge in [0, 0.05) is 29.7 Å². The molecule has 1 saturated carbocycles. The predicted octanol–water partition coefficient (Wildman–Crippen LogP) is 4.94. The summed E-state index contributed by atoms with van der Waals surface area (Å²) in [7, 11) is -3.41. The molecule has 1 fully saturated rings. The molecule has 2 aromatic heterocycles. The lowest BCUT2D eigenvalue weighted by atomic mass is 9.91. The second-order valence-corrected chi connectivity index (χ2v) is 9.66. The zero-order valence-electron chi connectivity index (χ0n) is 14.8. The van der Waals surface area contributed by atoms with E-state index in [0.717, 1.165) is 25.7 Å². The lowest BCUT2D eigenvalue weighted by molar-refractivity contribution is 0.385. The molecule has 3 aromatic rings. The molecule has 7 heteroatoms. The summed E-state index contributed by atoms with van der Waals surface area (Å²) in [6.45, 7) is 0. The Morgan fingerprint density at radius 1 is 1.19 bits per heavy atom. The Bertz CT molecular complexity index is 1090. The summed E-state index contributed by atoms with van der Waals surface area (Å²) in [5, 5.41) is 11.3. The van der Waals surface area contributed by atoms with E-state index in [-0.39, 0.29) is 22.3 Å². The summed E-state index contributed by atoms with van der Waals surface area (Å²) in [6, 6.07) is 4.77. The number of phenols is 1. The number of aromatic hydroxyl groups is 1. The highest BCUT2D eigenvalue weighted by Gasteiger charge is 2.24. The molecular formula is C20H21ClN2O3S. The van der Waals surface area contributed by atoms with Gasteiger partial charge < -0.3 is 10.1 Å². The topological polar surface area (TPSA) is 83.0 Å². The van der Waals surface area contributed by atoms with Gasteiger partial charge in [-0.05, 0) is 37.0 Å². The van der Waals surface area contributed by atoms with Crippen LogP contribution < -0.4 is 0 Å². The van der Waals surface area contributed by atoms with Crippen molar-refractivity contribution in [1.29, 1.82) is 0 Å². The van der Waals surface area contributed by atoms with Crippen molar-refractivity contribution in [3.8, 4) is 16.9 Å². The minimum Gasteiger partial charge on any atom is -0.507 e. The molecule has 142 valence electrons. The van der Waals surface area contributed by atoms with Crippen LogP contribution in [0.2, 0.25) is 5.02 Å². The molecule has 0 bridgehead atoms. The number of rotatable bonds is 4. The third-order valence-electron chi connectivity index (χ3n) is 5.33. The number of fused-ring (bicyclic) bond motifs is 1. The van der Waals surface area contributed by atoms with E-state index in [4.69, 9.17) is 11.6 Å². The molecule has 1 aromatic carbocycles. The number of phenolic OH excluding ortho intramolecular Hbond substituents is 1. The van der Waals surface area contributed by atoms with Crippen LogP contribution in [-0.2, 0) is 9.84 Å². The Hall–Kier alpha value is -2.05. The quantitative estimate of drug-likeness (QED) is 0.644. The maximum atomic E-state index is 12.9. The first-order valence-electron chi connectivity index (χ1n) is 9.12. The van der Waals surface area contributed by atoms with Crippen molar-refractivity contribution >= 4 is 32.3 Å². The predicted molar refractivity (Wildman–Crippen MR) is 107 cm³/mol. The Morgan fingerprint density at radius 3 is 2.74 bits per heavy atom. The van der Waals surface area contributed by atoms with Crippen molar-refractivity contribution in [2.45, 2.75) is 37.0 Å². The number of aromatic amines is 1. The third kappa shape index (κ3) is 3.56. The number of nitrogens with one attached hydrogen (secondary N) is 1. The largest absolute Gasteiger partial charge is 0.507 e. The monoisotopic (exact) mass is 404 g/mol. The number of hydrogen-bond donors (Lipinski definition) is 2. The molecule has 0 spiro atoms. The smallest absolute Gasteiger partial charge is 0.180 e. The van der Waals surface area contributed by atoms with Gasteiger partial charge in [0.1, 0.15) is 5.75 Å². The van der Waals surface area contributed by atoms with Crippen LogP contribution in [0, 0.1) is 5.92 Å². The molecule has 0 radical (unpaired) electrons. The average molecular weight is 405 g/mol. The molecule has 5 nitrogen and oxygen atoms in total. The van der Waals surface area contributed by atoms with Crippen LogP contribution in [0.5, 0.6) is 5.75 Å². The van der Waals surface area contributed by atoms with Gasteiger partial charge in [-0.25, -0.2) is 8.42 Å². The van der Waals surface area contributed by atoms with E-state index < -0.39 is 9.84 Å². The molecule has 1 aliphatic carbocycles. The fourth-order valence-corrected chi connectivity index (χ4v) is 5.81. The first-order valence-corrected chi connectivity index (χ1v) is 11.2. The van der Waals surface area contributed by atoms with E-state index in [1.807, 2.05) is 0 Å². The molecule has 0 amide bonds. The highest BCUT2D eigenvalue weighted by atomic mass is 35.5. The van der Waals surface area contributed by atoms with Crippen LogP contribution in [-0.4, -0.2) is 29.2 Å². The summed E-state index contributed by atoms with van der Waals surface area (Å²) >= 11 is 6.19. The highest BCUT2D eigenvalue weighted by Crippen LogP contribution is 2.38. The van der Waals surface area contributed by atoms with Gasteiger partial charge in [-0.1, -0.05) is 30.9 Å². The van der Waals surface area contributed by atoms with Crippen LogP contribution in [0.1, 0.15) is 32.1 Å². The Morgan fingerprint density at radius 2 is 1.96 bits per heavy atom. The van der Waals surface area contributed by atoms with Crippen molar-refractivity contribution in [2.75, 3.05) is 5.75 Å². The average Bonchev–Trinajstić information content (AvgIpc) is 3.12. The second kappa shape index (κ2) is 7.17. The molecule has 1 aliphatic rings. The van der Waals surface area contributed by atoms with E-state index in [2.05, 4.69) is 9.97 Å². The first kappa shape index (κ1) is 18.3. The van der Waals surface area contributed by atoms with Gasteiger partial charge in [0.15, 0.2) is 9.84 Å². The SMILES string of the molecule is O=S(=O)(CC1CCCCC1)c1cncc(-c2c[nH]c3c(Cl)ccc(O)c23)c1. The Balaban J connectivity index is 1.72. The normalized spacial score (nSPS) is 16.0. The van der Waals surface area contributed by atoms with Crippen LogP contribution in [0.15, 0.2) is 41.7 Å². The lowest BCUT2D eigenvalue weighted by Gasteiger charge is -2.21. The maximum absolute atomic E-state index is 12.9. The minimum atomic E-state index is -3.41. The molecule has 4 rings (SSSR count). The molecule has 27 heavy (non-hydrogen) atoms. The zero-order valence-corrected chi connectivity index (χ0v) is 16.4. The van der Waals surface area contributed by atoms with Gasteiger partial charge in [0.05, 0.1) is 26.6 Å². The fourth-order valence-electron chi connectivity index (χ4n) is 3.92. The highest BCUT2D eigenvalue weighted by molar-refractivity contribution is 7.91. The zero-order chi connectivity index (χ0) is 19.0. The van der Waals surface area contributed by atoms with Crippen LogP contribution in [0.4, 0.5) is 0 Å². The standard InChI is InChI=1S/C20H21ClN2O3S/c21-17-6-7-18(24)19-16(11-23-20(17)19)14-8-15(10-22-9-14)27(25,26)12-13-4-2-1-3-5-13/h6-11,13,23-24H,1-5,12H2. The Labute approximate surface area is 163 Å². The first-order chi connectivity index (χ1) is 13.0. The van der Waals surface area contributed by atoms with Crippen molar-refractivity contribution in [3.63, 3.8) is 0 Å². The van der Waals surface area contributed by atoms with E-state index in [0.29, 0.717) is 27.1 Å². The summed E-state index contributed by atoms with van der Waals surface area (Å²) < 4.78 is 25.8. The number of pyridine rings is 1. The van der Waals surface area contributed by atoms with Crippen molar-refractivity contribution in [2.24, 2.45) is 5.92 Å². The molecule has 2 heterocycles.